The quantitative estimate of drug-likeness (QED) is 0.473. The van der Waals surface area contributed by atoms with Gasteiger partial charge in [-0.05, 0) is 48.4 Å². The van der Waals surface area contributed by atoms with Crippen LogP contribution in [0.2, 0.25) is 0 Å². The van der Waals surface area contributed by atoms with Crippen molar-refractivity contribution in [2.75, 3.05) is 13.2 Å². The maximum atomic E-state index is 12.1. The van der Waals surface area contributed by atoms with E-state index in [0.29, 0.717) is 0 Å². The summed E-state index contributed by atoms with van der Waals surface area (Å²) in [5.41, 5.74) is 3.50. The number of benzene rings is 2. The van der Waals surface area contributed by atoms with E-state index in [0.717, 1.165) is 35.4 Å². The molecule has 1 atom stereocenters. The van der Waals surface area contributed by atoms with Crippen LogP contribution in [0.3, 0.4) is 0 Å². The number of unbranched alkanes of at least 4 members (excludes halogenated alkanes) is 3. The molecule has 0 fully saturated rings. The fourth-order valence-electron chi connectivity index (χ4n) is 3.62. The van der Waals surface area contributed by atoms with Crippen molar-refractivity contribution in [3.63, 3.8) is 0 Å². The van der Waals surface area contributed by atoms with Gasteiger partial charge in [-0.3, -0.25) is 9.13 Å². The average molecular weight is 412 g/mol. The van der Waals surface area contributed by atoms with Gasteiger partial charge in [-0.2, -0.15) is 0 Å². The van der Waals surface area contributed by atoms with Gasteiger partial charge in [0.25, 0.3) is 0 Å². The van der Waals surface area contributed by atoms with Gasteiger partial charge in [0.2, 0.25) is 0 Å². The maximum absolute atomic E-state index is 12.1. The van der Waals surface area contributed by atoms with E-state index in [9.17, 15) is 9.90 Å². The first-order valence-corrected chi connectivity index (χ1v) is 10.8. The topological polar surface area (TPSA) is 68.4 Å². The van der Waals surface area contributed by atoms with E-state index in [1.165, 1.54) is 31.2 Å². The summed E-state index contributed by atoms with van der Waals surface area (Å²) in [6.07, 6.45) is 4.30. The molecule has 0 saturated heterocycles. The summed E-state index contributed by atoms with van der Waals surface area (Å²) < 4.78 is 8.96. The van der Waals surface area contributed by atoms with Crippen LogP contribution >= 0.6 is 0 Å². The van der Waals surface area contributed by atoms with Crippen LogP contribution in [0.4, 0.5) is 0 Å². The van der Waals surface area contributed by atoms with Crippen LogP contribution in [0.25, 0.3) is 11.0 Å². The summed E-state index contributed by atoms with van der Waals surface area (Å²) in [5, 5.41) is 14.0. The van der Waals surface area contributed by atoms with Crippen molar-refractivity contribution in [1.82, 2.24) is 14.5 Å². The number of ether oxygens (including phenoxy) is 1. The first-order chi connectivity index (χ1) is 14.5. The predicted octanol–water partition coefficient (Wildman–Crippen LogP) is 3.66. The molecular weight excluding hydrogens is 378 g/mol. The highest BCUT2D eigenvalue weighted by atomic mass is 16.5. The molecule has 1 heterocycles. The third-order valence-corrected chi connectivity index (χ3v) is 5.55. The van der Waals surface area contributed by atoms with E-state index in [2.05, 4.69) is 12.2 Å². The molecule has 2 aromatic carbocycles. The zero-order chi connectivity index (χ0) is 21.5. The van der Waals surface area contributed by atoms with Crippen molar-refractivity contribution in [1.29, 1.82) is 0 Å². The molecule has 30 heavy (non-hydrogen) atoms. The summed E-state index contributed by atoms with van der Waals surface area (Å²) in [5.74, 6) is 0.730. The van der Waals surface area contributed by atoms with Gasteiger partial charge in [-0.1, -0.05) is 44.4 Å². The van der Waals surface area contributed by atoms with E-state index in [-0.39, 0.29) is 12.3 Å². The number of aryl methyl sites for hydroxylation is 2. The number of aliphatic hydroxyl groups excluding tert-OH is 1. The minimum Gasteiger partial charge on any atom is -0.491 e. The zero-order valence-corrected chi connectivity index (χ0v) is 18.2. The Bertz CT molecular complexity index is 1000. The fourth-order valence-corrected chi connectivity index (χ4v) is 3.62. The lowest BCUT2D eigenvalue weighted by molar-refractivity contribution is 0.108. The Morgan fingerprint density at radius 2 is 1.73 bits per heavy atom. The SMILES string of the molecule is CCCCCCNCc1ccc(OC[C@H](O)c2ccc3c(c2)n(C)c(=O)n3C)cc1. The molecule has 2 N–H and O–H groups in total. The Balaban J connectivity index is 1.51. The Morgan fingerprint density at radius 3 is 2.47 bits per heavy atom. The Morgan fingerprint density at radius 1 is 1.00 bits per heavy atom. The number of rotatable bonds is 11. The molecule has 1 aromatic heterocycles. The van der Waals surface area contributed by atoms with Crippen molar-refractivity contribution in [3.8, 4) is 5.75 Å². The molecule has 0 aliphatic carbocycles. The standard InChI is InChI=1S/C24H33N3O3/c1-4-5-6-7-14-25-16-18-8-11-20(12-9-18)30-17-23(28)19-10-13-21-22(15-19)27(3)24(29)26(21)2/h8-13,15,23,25,28H,4-7,14,16-17H2,1-3H3/t23-/m0/s1. The molecule has 0 saturated carbocycles. The van der Waals surface area contributed by atoms with Gasteiger partial charge in [0.05, 0.1) is 11.0 Å². The fraction of sp³-hybridized carbons (Fsp3) is 0.458. The molecule has 0 bridgehead atoms. The van der Waals surface area contributed by atoms with Gasteiger partial charge in [-0.15, -0.1) is 0 Å². The van der Waals surface area contributed by atoms with E-state index < -0.39 is 6.10 Å². The second-order valence-electron chi connectivity index (χ2n) is 7.86. The van der Waals surface area contributed by atoms with Gasteiger partial charge in [0.15, 0.2) is 0 Å². The van der Waals surface area contributed by atoms with Gasteiger partial charge < -0.3 is 15.2 Å². The molecule has 162 valence electrons. The number of aliphatic hydroxyl groups is 1. The molecular formula is C24H33N3O3. The minimum atomic E-state index is -0.769. The molecule has 0 amide bonds. The Kier molecular flexibility index (Phi) is 7.71. The average Bonchev–Trinajstić information content (AvgIpc) is 2.99. The number of aromatic nitrogens is 2. The van der Waals surface area contributed by atoms with Crippen LogP contribution in [-0.4, -0.2) is 27.4 Å². The molecule has 0 unspecified atom stereocenters. The number of imidazole rings is 1. The predicted molar refractivity (Wildman–Crippen MR) is 121 cm³/mol. The largest absolute Gasteiger partial charge is 0.491 e. The van der Waals surface area contributed by atoms with Crippen molar-refractivity contribution in [2.45, 2.75) is 45.3 Å². The normalized spacial score (nSPS) is 12.4. The van der Waals surface area contributed by atoms with Gasteiger partial charge >= 0.3 is 5.69 Å². The Hall–Kier alpha value is -2.57. The third kappa shape index (κ3) is 5.32. The lowest BCUT2D eigenvalue weighted by Gasteiger charge is -2.13. The maximum Gasteiger partial charge on any atom is 0.328 e. The van der Waals surface area contributed by atoms with Gasteiger partial charge in [0, 0.05) is 20.6 Å². The van der Waals surface area contributed by atoms with E-state index >= 15 is 0 Å². The highest BCUT2D eigenvalue weighted by molar-refractivity contribution is 5.76. The number of nitrogens with zero attached hydrogens (tertiary/aromatic N) is 2. The summed E-state index contributed by atoms with van der Waals surface area (Å²) >= 11 is 0. The molecule has 0 aliphatic rings. The third-order valence-electron chi connectivity index (χ3n) is 5.55. The van der Waals surface area contributed by atoms with E-state index in [1.807, 2.05) is 42.5 Å². The molecule has 0 radical (unpaired) electrons. The van der Waals surface area contributed by atoms with Gasteiger partial charge in [0.1, 0.15) is 18.5 Å². The minimum absolute atomic E-state index is 0.0802. The number of hydrogen-bond acceptors (Lipinski definition) is 4. The smallest absolute Gasteiger partial charge is 0.328 e. The lowest BCUT2D eigenvalue weighted by Crippen LogP contribution is -2.19. The zero-order valence-electron chi connectivity index (χ0n) is 18.2. The van der Waals surface area contributed by atoms with Crippen LogP contribution in [0.15, 0.2) is 47.3 Å². The highest BCUT2D eigenvalue weighted by Crippen LogP contribution is 2.21. The highest BCUT2D eigenvalue weighted by Gasteiger charge is 2.13. The molecule has 3 aromatic rings. The van der Waals surface area contributed by atoms with Crippen LogP contribution in [0.1, 0.15) is 49.8 Å². The van der Waals surface area contributed by atoms with Crippen molar-refractivity contribution in [3.05, 3.63) is 64.1 Å². The number of nitrogens with one attached hydrogen (secondary N) is 1. The van der Waals surface area contributed by atoms with Gasteiger partial charge in [-0.25, -0.2) is 4.79 Å². The molecule has 0 aliphatic heterocycles. The second-order valence-corrected chi connectivity index (χ2v) is 7.86. The van der Waals surface area contributed by atoms with E-state index in [1.54, 1.807) is 23.2 Å². The van der Waals surface area contributed by atoms with E-state index in [4.69, 9.17) is 4.74 Å². The van der Waals surface area contributed by atoms with Crippen LogP contribution in [-0.2, 0) is 20.6 Å². The van der Waals surface area contributed by atoms with Crippen molar-refractivity contribution < 1.29 is 9.84 Å². The molecule has 0 spiro atoms. The van der Waals surface area contributed by atoms with Crippen LogP contribution in [0.5, 0.6) is 5.75 Å². The monoisotopic (exact) mass is 411 g/mol. The summed E-state index contributed by atoms with van der Waals surface area (Å²) in [4.78, 5) is 12.1. The Labute approximate surface area is 178 Å². The molecule has 6 heteroatoms. The number of fused-ring (bicyclic) bond motifs is 1. The number of hydrogen-bond donors (Lipinski definition) is 2. The first-order valence-electron chi connectivity index (χ1n) is 10.8. The second kappa shape index (κ2) is 10.5. The summed E-state index contributed by atoms with van der Waals surface area (Å²) in [6.45, 7) is 4.27. The first kappa shape index (κ1) is 22.1. The van der Waals surface area contributed by atoms with Crippen LogP contribution in [0, 0.1) is 0 Å². The summed E-state index contributed by atoms with van der Waals surface area (Å²) in [7, 11) is 3.48. The summed E-state index contributed by atoms with van der Waals surface area (Å²) in [6, 6.07) is 13.5. The van der Waals surface area contributed by atoms with Crippen molar-refractivity contribution in [2.24, 2.45) is 14.1 Å². The lowest BCUT2D eigenvalue weighted by atomic mass is 10.1. The van der Waals surface area contributed by atoms with Crippen molar-refractivity contribution >= 4 is 11.0 Å². The van der Waals surface area contributed by atoms with Crippen LogP contribution < -0.4 is 15.7 Å². The molecule has 6 nitrogen and oxygen atoms in total. The molecule has 3 rings (SSSR count).